The molecule has 1 N–H and O–H groups in total. The monoisotopic (exact) mass is 186 g/mol. The molecular formula is C11H22O2. The first-order valence-corrected chi connectivity index (χ1v) is 5.32. The molecule has 0 radical (unpaired) electrons. The molecule has 1 aliphatic rings. The lowest BCUT2D eigenvalue weighted by atomic mass is 9.75. The van der Waals surface area contributed by atoms with Crippen LogP contribution in [0.1, 0.15) is 33.1 Å². The Morgan fingerprint density at radius 1 is 1.46 bits per heavy atom. The highest BCUT2D eigenvalue weighted by Crippen LogP contribution is 2.33. The lowest BCUT2D eigenvalue weighted by Gasteiger charge is -2.35. The third-order valence-corrected chi connectivity index (χ3v) is 3.29. The van der Waals surface area contributed by atoms with Gasteiger partial charge in [-0.2, -0.15) is 0 Å². The average Bonchev–Trinajstić information content (AvgIpc) is 2.04. The van der Waals surface area contributed by atoms with E-state index in [1.807, 2.05) is 0 Å². The summed E-state index contributed by atoms with van der Waals surface area (Å²) < 4.78 is 5.12. The maximum absolute atomic E-state index is 9.88. The van der Waals surface area contributed by atoms with Gasteiger partial charge in [-0.15, -0.1) is 0 Å². The molecule has 0 aliphatic heterocycles. The largest absolute Gasteiger partial charge is 0.393 e. The van der Waals surface area contributed by atoms with Crippen LogP contribution >= 0.6 is 0 Å². The summed E-state index contributed by atoms with van der Waals surface area (Å²) in [7, 11) is 1.73. The fourth-order valence-electron chi connectivity index (χ4n) is 2.42. The summed E-state index contributed by atoms with van der Waals surface area (Å²) >= 11 is 0. The predicted molar refractivity (Wildman–Crippen MR) is 53.6 cm³/mol. The summed E-state index contributed by atoms with van der Waals surface area (Å²) in [6.07, 6.45) is 3.29. The molecule has 1 fully saturated rings. The van der Waals surface area contributed by atoms with Gasteiger partial charge in [0, 0.05) is 13.7 Å². The Balaban J connectivity index is 2.40. The van der Waals surface area contributed by atoms with Crippen molar-refractivity contribution in [1.82, 2.24) is 0 Å². The van der Waals surface area contributed by atoms with E-state index in [1.54, 1.807) is 7.11 Å². The summed E-state index contributed by atoms with van der Waals surface area (Å²) in [4.78, 5) is 0. The second-order valence-corrected chi connectivity index (χ2v) is 4.58. The van der Waals surface area contributed by atoms with Crippen molar-refractivity contribution in [3.63, 3.8) is 0 Å². The Morgan fingerprint density at radius 2 is 2.15 bits per heavy atom. The second-order valence-electron chi connectivity index (χ2n) is 4.58. The zero-order valence-electron chi connectivity index (χ0n) is 8.99. The summed E-state index contributed by atoms with van der Waals surface area (Å²) in [6.45, 7) is 5.17. The lowest BCUT2D eigenvalue weighted by Crippen LogP contribution is -2.34. The molecule has 0 heterocycles. The van der Waals surface area contributed by atoms with Crippen LogP contribution in [0.4, 0.5) is 0 Å². The topological polar surface area (TPSA) is 29.5 Å². The molecule has 0 bridgehead atoms. The smallest absolute Gasteiger partial charge is 0.0574 e. The van der Waals surface area contributed by atoms with Crippen LogP contribution in [0.2, 0.25) is 0 Å². The SMILES string of the molecule is COCC(C)[C@@H]1CC[C@@H](C)C[C@H]1O. The van der Waals surface area contributed by atoms with E-state index in [9.17, 15) is 5.11 Å². The van der Waals surface area contributed by atoms with E-state index in [1.165, 1.54) is 6.42 Å². The molecule has 78 valence electrons. The standard InChI is InChI=1S/C11H22O2/c1-8-4-5-10(11(12)6-8)9(2)7-13-3/h8-12H,4-7H2,1-3H3/t8-,9?,10+,11-/m1/s1. The summed E-state index contributed by atoms with van der Waals surface area (Å²) in [5, 5.41) is 9.88. The third kappa shape index (κ3) is 2.96. The zero-order chi connectivity index (χ0) is 9.84. The molecule has 1 saturated carbocycles. The van der Waals surface area contributed by atoms with E-state index in [2.05, 4.69) is 13.8 Å². The Morgan fingerprint density at radius 3 is 2.69 bits per heavy atom. The first-order chi connectivity index (χ1) is 6.15. The van der Waals surface area contributed by atoms with Gasteiger partial charge in [-0.25, -0.2) is 0 Å². The highest BCUT2D eigenvalue weighted by molar-refractivity contribution is 4.81. The molecular weight excluding hydrogens is 164 g/mol. The number of ether oxygens (including phenoxy) is 1. The summed E-state index contributed by atoms with van der Waals surface area (Å²) in [5.74, 6) is 1.64. The fourth-order valence-corrected chi connectivity index (χ4v) is 2.42. The van der Waals surface area contributed by atoms with Crippen LogP contribution in [0.25, 0.3) is 0 Å². The van der Waals surface area contributed by atoms with Gasteiger partial charge in [0.15, 0.2) is 0 Å². The zero-order valence-corrected chi connectivity index (χ0v) is 8.99. The van der Waals surface area contributed by atoms with Gasteiger partial charge in [0.2, 0.25) is 0 Å². The maximum Gasteiger partial charge on any atom is 0.0574 e. The van der Waals surface area contributed by atoms with Gasteiger partial charge in [0.05, 0.1) is 6.10 Å². The van der Waals surface area contributed by atoms with Crippen molar-refractivity contribution in [3.05, 3.63) is 0 Å². The molecule has 0 aromatic heterocycles. The van der Waals surface area contributed by atoms with E-state index >= 15 is 0 Å². The van der Waals surface area contributed by atoms with Crippen molar-refractivity contribution in [3.8, 4) is 0 Å². The van der Waals surface area contributed by atoms with Gasteiger partial charge in [-0.1, -0.05) is 20.3 Å². The van der Waals surface area contributed by atoms with Crippen molar-refractivity contribution in [2.45, 2.75) is 39.2 Å². The van der Waals surface area contributed by atoms with Crippen molar-refractivity contribution >= 4 is 0 Å². The van der Waals surface area contributed by atoms with Crippen LogP contribution in [0.5, 0.6) is 0 Å². The number of methoxy groups -OCH3 is 1. The average molecular weight is 186 g/mol. The van der Waals surface area contributed by atoms with Crippen LogP contribution in [-0.4, -0.2) is 24.9 Å². The molecule has 0 amide bonds. The molecule has 0 spiro atoms. The molecule has 1 aliphatic carbocycles. The minimum absolute atomic E-state index is 0.103. The first kappa shape index (κ1) is 11.0. The predicted octanol–water partition coefficient (Wildman–Crippen LogP) is 2.07. The fraction of sp³-hybridized carbons (Fsp3) is 1.00. The van der Waals surface area contributed by atoms with Gasteiger partial charge < -0.3 is 9.84 Å². The van der Waals surface area contributed by atoms with Crippen molar-refractivity contribution in [1.29, 1.82) is 0 Å². The normalized spacial score (nSPS) is 37.4. The molecule has 0 saturated heterocycles. The Labute approximate surface area is 81.3 Å². The van der Waals surface area contributed by atoms with Crippen LogP contribution in [0.15, 0.2) is 0 Å². The maximum atomic E-state index is 9.88. The van der Waals surface area contributed by atoms with Crippen LogP contribution < -0.4 is 0 Å². The lowest BCUT2D eigenvalue weighted by molar-refractivity contribution is 0.00112. The van der Waals surface area contributed by atoms with E-state index < -0.39 is 0 Å². The van der Waals surface area contributed by atoms with Crippen molar-refractivity contribution in [2.24, 2.45) is 17.8 Å². The Bertz CT molecular complexity index is 143. The van der Waals surface area contributed by atoms with E-state index in [0.29, 0.717) is 17.8 Å². The Kier molecular flexibility index (Phi) is 4.20. The molecule has 1 rings (SSSR count). The minimum atomic E-state index is -0.103. The number of hydrogen-bond acceptors (Lipinski definition) is 2. The second kappa shape index (κ2) is 4.97. The highest BCUT2D eigenvalue weighted by Gasteiger charge is 2.30. The van der Waals surface area contributed by atoms with Crippen LogP contribution in [0.3, 0.4) is 0 Å². The van der Waals surface area contributed by atoms with Crippen molar-refractivity contribution < 1.29 is 9.84 Å². The molecule has 1 unspecified atom stereocenters. The van der Waals surface area contributed by atoms with Gasteiger partial charge in [0.1, 0.15) is 0 Å². The molecule has 0 aromatic carbocycles. The molecule has 13 heavy (non-hydrogen) atoms. The first-order valence-electron chi connectivity index (χ1n) is 5.32. The molecule has 2 nitrogen and oxygen atoms in total. The van der Waals surface area contributed by atoms with Crippen LogP contribution in [-0.2, 0) is 4.74 Å². The number of rotatable bonds is 3. The van der Waals surface area contributed by atoms with E-state index in [0.717, 1.165) is 19.4 Å². The molecule has 2 heteroatoms. The van der Waals surface area contributed by atoms with E-state index in [4.69, 9.17) is 4.74 Å². The molecule has 0 aromatic rings. The third-order valence-electron chi connectivity index (χ3n) is 3.29. The van der Waals surface area contributed by atoms with E-state index in [-0.39, 0.29) is 6.10 Å². The van der Waals surface area contributed by atoms with Crippen LogP contribution in [0, 0.1) is 17.8 Å². The summed E-state index contributed by atoms with van der Waals surface area (Å²) in [5.41, 5.74) is 0. The van der Waals surface area contributed by atoms with Gasteiger partial charge in [-0.3, -0.25) is 0 Å². The molecule has 4 atom stereocenters. The quantitative estimate of drug-likeness (QED) is 0.731. The summed E-state index contributed by atoms with van der Waals surface area (Å²) in [6, 6.07) is 0. The van der Waals surface area contributed by atoms with Gasteiger partial charge >= 0.3 is 0 Å². The Hall–Kier alpha value is -0.0800. The van der Waals surface area contributed by atoms with Gasteiger partial charge in [-0.05, 0) is 30.6 Å². The minimum Gasteiger partial charge on any atom is -0.393 e. The number of hydrogen-bond donors (Lipinski definition) is 1. The van der Waals surface area contributed by atoms with Gasteiger partial charge in [0.25, 0.3) is 0 Å². The number of aliphatic hydroxyl groups excluding tert-OH is 1. The van der Waals surface area contributed by atoms with Crippen molar-refractivity contribution in [2.75, 3.05) is 13.7 Å². The number of aliphatic hydroxyl groups is 1. The highest BCUT2D eigenvalue weighted by atomic mass is 16.5.